The van der Waals surface area contributed by atoms with Crippen LogP contribution in [0.1, 0.15) is 15.9 Å². The number of amides is 2. The van der Waals surface area contributed by atoms with E-state index in [2.05, 4.69) is 10.6 Å². The molecule has 0 saturated carbocycles. The minimum absolute atomic E-state index is 0.137. The number of aryl methyl sites for hydroxylation is 1. The molecule has 0 unspecified atom stereocenters. The van der Waals surface area contributed by atoms with Gasteiger partial charge in [0.25, 0.3) is 11.8 Å². The molecular weight excluding hydrogens is 376 g/mol. The van der Waals surface area contributed by atoms with Crippen LogP contribution in [0.25, 0.3) is 0 Å². The molecule has 0 saturated heterocycles. The van der Waals surface area contributed by atoms with Crippen LogP contribution in [0.3, 0.4) is 0 Å². The summed E-state index contributed by atoms with van der Waals surface area (Å²) in [6, 6.07) is 21.0. The van der Waals surface area contributed by atoms with Crippen LogP contribution in [0.15, 0.2) is 72.8 Å². The van der Waals surface area contributed by atoms with E-state index >= 15 is 0 Å². The Morgan fingerprint density at radius 1 is 0.893 bits per heavy atom. The van der Waals surface area contributed by atoms with Crippen molar-refractivity contribution < 1.29 is 14.3 Å². The average molecular weight is 395 g/mol. The van der Waals surface area contributed by atoms with E-state index in [1.807, 2.05) is 13.0 Å². The third-order valence-corrected chi connectivity index (χ3v) is 4.36. The fourth-order valence-corrected chi connectivity index (χ4v) is 2.64. The van der Waals surface area contributed by atoms with Crippen molar-refractivity contribution in [3.8, 4) is 5.75 Å². The van der Waals surface area contributed by atoms with Gasteiger partial charge in [-0.05, 0) is 61.0 Å². The summed E-state index contributed by atoms with van der Waals surface area (Å²) in [5.41, 5.74) is 2.58. The number of hydrogen-bond donors (Lipinski definition) is 2. The molecule has 3 rings (SSSR count). The molecule has 6 heteroatoms. The van der Waals surface area contributed by atoms with E-state index in [-0.39, 0.29) is 18.4 Å². The number of hydrogen-bond acceptors (Lipinski definition) is 3. The van der Waals surface area contributed by atoms with E-state index in [1.165, 1.54) is 0 Å². The smallest absolute Gasteiger partial charge is 0.262 e. The lowest BCUT2D eigenvalue weighted by Crippen LogP contribution is -2.20. The van der Waals surface area contributed by atoms with E-state index < -0.39 is 0 Å². The molecule has 0 bridgehead atoms. The molecule has 0 aliphatic rings. The normalized spacial score (nSPS) is 10.2. The minimum Gasteiger partial charge on any atom is -0.484 e. The van der Waals surface area contributed by atoms with Gasteiger partial charge < -0.3 is 15.4 Å². The second-order valence-corrected chi connectivity index (χ2v) is 6.56. The van der Waals surface area contributed by atoms with Gasteiger partial charge in [-0.3, -0.25) is 9.59 Å². The molecule has 2 amide bonds. The molecule has 2 N–H and O–H groups in total. The van der Waals surface area contributed by atoms with Crippen LogP contribution in [0.2, 0.25) is 5.02 Å². The Labute approximate surface area is 168 Å². The van der Waals surface area contributed by atoms with E-state index in [0.717, 1.165) is 5.56 Å². The van der Waals surface area contributed by atoms with Gasteiger partial charge in [-0.15, -0.1) is 0 Å². The van der Waals surface area contributed by atoms with E-state index in [0.29, 0.717) is 27.7 Å². The lowest BCUT2D eigenvalue weighted by Gasteiger charge is -2.10. The summed E-state index contributed by atoms with van der Waals surface area (Å²) in [6.07, 6.45) is 0. The largest absolute Gasteiger partial charge is 0.484 e. The highest BCUT2D eigenvalue weighted by molar-refractivity contribution is 6.31. The molecule has 142 valence electrons. The van der Waals surface area contributed by atoms with Gasteiger partial charge in [0.15, 0.2) is 6.61 Å². The van der Waals surface area contributed by atoms with Crippen molar-refractivity contribution in [2.24, 2.45) is 0 Å². The van der Waals surface area contributed by atoms with E-state index in [9.17, 15) is 9.59 Å². The maximum absolute atomic E-state index is 12.2. The van der Waals surface area contributed by atoms with Gasteiger partial charge in [-0.25, -0.2) is 0 Å². The molecule has 0 spiro atoms. The van der Waals surface area contributed by atoms with E-state index in [1.54, 1.807) is 66.7 Å². The minimum atomic E-state index is -0.306. The zero-order valence-electron chi connectivity index (χ0n) is 15.2. The topological polar surface area (TPSA) is 67.4 Å². The number of rotatable bonds is 6. The molecule has 5 nitrogen and oxygen atoms in total. The van der Waals surface area contributed by atoms with E-state index in [4.69, 9.17) is 16.3 Å². The van der Waals surface area contributed by atoms with Crippen LogP contribution in [-0.4, -0.2) is 18.4 Å². The van der Waals surface area contributed by atoms with Crippen molar-refractivity contribution in [1.29, 1.82) is 0 Å². The Morgan fingerprint density at radius 3 is 2.32 bits per heavy atom. The maximum atomic E-state index is 12.2. The highest BCUT2D eigenvalue weighted by Gasteiger charge is 2.08. The Bertz CT molecular complexity index is 990. The quantitative estimate of drug-likeness (QED) is 0.623. The van der Waals surface area contributed by atoms with Crippen molar-refractivity contribution in [1.82, 2.24) is 0 Å². The SMILES string of the molecule is Cc1cc(OCC(=O)Nc2cccc(NC(=O)c3ccccc3)c2)ccc1Cl. The van der Waals surface area contributed by atoms with Crippen molar-refractivity contribution in [3.63, 3.8) is 0 Å². The fourth-order valence-electron chi connectivity index (χ4n) is 2.52. The van der Waals surface area contributed by atoms with Crippen molar-refractivity contribution >= 4 is 34.8 Å². The monoisotopic (exact) mass is 394 g/mol. The second-order valence-electron chi connectivity index (χ2n) is 6.15. The Balaban J connectivity index is 1.57. The summed E-state index contributed by atoms with van der Waals surface area (Å²) in [5, 5.41) is 6.20. The van der Waals surface area contributed by atoms with Gasteiger partial charge in [0.1, 0.15) is 5.75 Å². The molecule has 0 aromatic heterocycles. The summed E-state index contributed by atoms with van der Waals surface area (Å²) in [6.45, 7) is 1.73. The van der Waals surface area contributed by atoms with Gasteiger partial charge in [0.05, 0.1) is 0 Å². The van der Waals surface area contributed by atoms with Gasteiger partial charge in [-0.2, -0.15) is 0 Å². The highest BCUT2D eigenvalue weighted by Crippen LogP contribution is 2.21. The summed E-state index contributed by atoms with van der Waals surface area (Å²) in [7, 11) is 0. The first-order chi connectivity index (χ1) is 13.5. The molecule has 0 heterocycles. The van der Waals surface area contributed by atoms with Crippen LogP contribution < -0.4 is 15.4 Å². The summed E-state index contributed by atoms with van der Waals surface area (Å²) >= 11 is 5.98. The molecule has 28 heavy (non-hydrogen) atoms. The molecular formula is C22H19ClN2O3. The number of benzene rings is 3. The first kappa shape index (κ1) is 19.5. The average Bonchev–Trinajstić information content (AvgIpc) is 2.70. The zero-order chi connectivity index (χ0) is 19.9. The number of nitrogens with one attached hydrogen (secondary N) is 2. The van der Waals surface area contributed by atoms with Gasteiger partial charge in [0.2, 0.25) is 0 Å². The predicted molar refractivity (Wildman–Crippen MR) is 111 cm³/mol. The van der Waals surface area contributed by atoms with Crippen molar-refractivity contribution in [2.75, 3.05) is 17.2 Å². The van der Waals surface area contributed by atoms with Crippen LogP contribution >= 0.6 is 11.6 Å². The maximum Gasteiger partial charge on any atom is 0.262 e. The van der Waals surface area contributed by atoms with Crippen molar-refractivity contribution in [3.05, 3.63) is 88.9 Å². The number of halogens is 1. The lowest BCUT2D eigenvalue weighted by molar-refractivity contribution is -0.118. The lowest BCUT2D eigenvalue weighted by atomic mass is 10.2. The van der Waals surface area contributed by atoms with Gasteiger partial charge >= 0.3 is 0 Å². The standard InChI is InChI=1S/C22H19ClN2O3/c1-15-12-19(10-11-20(15)23)28-14-21(26)24-17-8-5-9-18(13-17)25-22(27)16-6-3-2-4-7-16/h2-13H,14H2,1H3,(H,24,26)(H,25,27). The number of anilines is 2. The van der Waals surface area contributed by atoms with Crippen molar-refractivity contribution in [2.45, 2.75) is 6.92 Å². The molecule has 0 aliphatic heterocycles. The van der Waals surface area contributed by atoms with Gasteiger partial charge in [0, 0.05) is 22.0 Å². The third kappa shape index (κ3) is 5.34. The Hall–Kier alpha value is -3.31. The Kier molecular flexibility index (Phi) is 6.29. The first-order valence-corrected chi connectivity index (χ1v) is 9.04. The molecule has 0 fully saturated rings. The number of carbonyl (C=O) groups excluding carboxylic acids is 2. The number of ether oxygens (including phenoxy) is 1. The molecule has 0 atom stereocenters. The molecule has 0 radical (unpaired) electrons. The Morgan fingerprint density at radius 2 is 1.61 bits per heavy atom. The predicted octanol–water partition coefficient (Wildman–Crippen LogP) is 4.92. The van der Waals surface area contributed by atoms with Crippen LogP contribution in [0, 0.1) is 6.92 Å². The number of carbonyl (C=O) groups is 2. The molecule has 3 aromatic carbocycles. The summed E-state index contributed by atoms with van der Waals surface area (Å²) in [5.74, 6) is 0.0468. The third-order valence-electron chi connectivity index (χ3n) is 3.94. The van der Waals surface area contributed by atoms with Crippen LogP contribution in [0.5, 0.6) is 5.75 Å². The summed E-state index contributed by atoms with van der Waals surface area (Å²) < 4.78 is 5.49. The first-order valence-electron chi connectivity index (χ1n) is 8.66. The second kappa shape index (κ2) is 9.06. The zero-order valence-corrected chi connectivity index (χ0v) is 16.0. The summed E-state index contributed by atoms with van der Waals surface area (Å²) in [4.78, 5) is 24.4. The van der Waals surface area contributed by atoms with Crippen LogP contribution in [0.4, 0.5) is 11.4 Å². The molecule has 3 aromatic rings. The molecule has 0 aliphatic carbocycles. The van der Waals surface area contributed by atoms with Crippen LogP contribution in [-0.2, 0) is 4.79 Å². The highest BCUT2D eigenvalue weighted by atomic mass is 35.5. The fraction of sp³-hybridized carbons (Fsp3) is 0.0909. The van der Waals surface area contributed by atoms with Gasteiger partial charge in [-0.1, -0.05) is 35.9 Å².